The largest absolute Gasteiger partial charge is 0.369 e. The third kappa shape index (κ3) is 1.42. The second kappa shape index (κ2) is 3.57. The molecule has 1 spiro atoms. The average molecular weight is 230 g/mol. The van der Waals surface area contributed by atoms with Gasteiger partial charge in [0.05, 0.1) is 5.92 Å². The highest BCUT2D eigenvalue weighted by atomic mass is 16.1. The fourth-order valence-electron chi connectivity index (χ4n) is 3.54. The summed E-state index contributed by atoms with van der Waals surface area (Å²) in [5.74, 6) is -0.213. The van der Waals surface area contributed by atoms with Crippen LogP contribution in [0.3, 0.4) is 0 Å². The van der Waals surface area contributed by atoms with Gasteiger partial charge in [-0.1, -0.05) is 23.8 Å². The number of hydrogen-bond donors (Lipinski definition) is 2. The van der Waals surface area contributed by atoms with Crippen molar-refractivity contribution in [2.45, 2.75) is 25.2 Å². The van der Waals surface area contributed by atoms with Gasteiger partial charge in [0.2, 0.25) is 5.91 Å². The van der Waals surface area contributed by atoms with Gasteiger partial charge in [-0.3, -0.25) is 4.79 Å². The van der Waals surface area contributed by atoms with E-state index in [1.54, 1.807) is 0 Å². The van der Waals surface area contributed by atoms with E-state index >= 15 is 0 Å². The first-order chi connectivity index (χ1) is 8.13. The maximum absolute atomic E-state index is 11.6. The minimum atomic E-state index is -0.163. The van der Waals surface area contributed by atoms with E-state index < -0.39 is 0 Å². The predicted octanol–water partition coefficient (Wildman–Crippen LogP) is 0.884. The Kier molecular flexibility index (Phi) is 2.26. The fraction of sp³-hybridized carbons (Fsp3) is 0.500. The fourth-order valence-corrected chi connectivity index (χ4v) is 3.54. The van der Waals surface area contributed by atoms with Crippen LogP contribution >= 0.6 is 0 Å². The molecule has 1 aliphatic heterocycles. The van der Waals surface area contributed by atoms with E-state index in [-0.39, 0.29) is 17.2 Å². The molecule has 1 amide bonds. The summed E-state index contributed by atoms with van der Waals surface area (Å²) in [6.07, 6.45) is 2.12. The Labute approximate surface area is 101 Å². The Morgan fingerprint density at radius 2 is 2.35 bits per heavy atom. The molecule has 0 aromatic heterocycles. The number of primary amides is 1. The second-order valence-corrected chi connectivity index (χ2v) is 5.40. The molecule has 90 valence electrons. The number of nitrogens with two attached hydrogens (primary N) is 1. The van der Waals surface area contributed by atoms with E-state index in [0.717, 1.165) is 25.9 Å². The third-order valence-corrected chi connectivity index (χ3v) is 4.44. The summed E-state index contributed by atoms with van der Waals surface area (Å²) >= 11 is 0. The number of rotatable bonds is 1. The van der Waals surface area contributed by atoms with Crippen LogP contribution in [0.15, 0.2) is 18.2 Å². The normalized spacial score (nSPS) is 30.8. The third-order valence-electron chi connectivity index (χ3n) is 4.44. The molecule has 1 aromatic rings. The molecule has 1 aliphatic carbocycles. The Bertz CT molecular complexity index is 483. The van der Waals surface area contributed by atoms with Gasteiger partial charge in [-0.15, -0.1) is 0 Å². The lowest BCUT2D eigenvalue weighted by molar-refractivity contribution is -0.122. The molecule has 1 heterocycles. The van der Waals surface area contributed by atoms with Crippen molar-refractivity contribution in [2.24, 2.45) is 11.7 Å². The Morgan fingerprint density at radius 1 is 1.53 bits per heavy atom. The zero-order valence-electron chi connectivity index (χ0n) is 10.1. The minimum Gasteiger partial charge on any atom is -0.369 e. The lowest BCUT2D eigenvalue weighted by Gasteiger charge is -2.29. The van der Waals surface area contributed by atoms with Crippen molar-refractivity contribution in [1.82, 2.24) is 5.32 Å². The van der Waals surface area contributed by atoms with Crippen LogP contribution in [-0.2, 0) is 16.6 Å². The summed E-state index contributed by atoms with van der Waals surface area (Å²) in [6, 6.07) is 6.60. The van der Waals surface area contributed by atoms with Gasteiger partial charge in [-0.2, -0.15) is 0 Å². The van der Waals surface area contributed by atoms with Crippen molar-refractivity contribution in [3.8, 4) is 0 Å². The first-order valence-electron chi connectivity index (χ1n) is 6.23. The molecule has 0 radical (unpaired) electrons. The van der Waals surface area contributed by atoms with Gasteiger partial charge in [0.1, 0.15) is 0 Å². The van der Waals surface area contributed by atoms with E-state index in [0.29, 0.717) is 0 Å². The highest BCUT2D eigenvalue weighted by Gasteiger charge is 2.50. The maximum atomic E-state index is 11.6. The highest BCUT2D eigenvalue weighted by molar-refractivity contribution is 5.80. The van der Waals surface area contributed by atoms with Crippen LogP contribution in [0.2, 0.25) is 0 Å². The molecule has 2 aliphatic rings. The van der Waals surface area contributed by atoms with Crippen molar-refractivity contribution in [3.63, 3.8) is 0 Å². The van der Waals surface area contributed by atoms with Crippen molar-refractivity contribution in [2.75, 3.05) is 13.1 Å². The molecule has 17 heavy (non-hydrogen) atoms. The molecule has 0 saturated carbocycles. The molecule has 3 N–H and O–H groups in total. The number of nitrogens with one attached hydrogen (secondary N) is 1. The molecule has 2 atom stereocenters. The molecule has 1 aromatic carbocycles. The van der Waals surface area contributed by atoms with Crippen LogP contribution in [0.1, 0.15) is 23.1 Å². The molecule has 1 saturated heterocycles. The maximum Gasteiger partial charge on any atom is 0.222 e. The number of amides is 1. The summed E-state index contributed by atoms with van der Waals surface area (Å²) in [5.41, 5.74) is 9.55. The van der Waals surface area contributed by atoms with Crippen LogP contribution in [-0.4, -0.2) is 19.0 Å². The lowest BCUT2D eigenvalue weighted by atomic mass is 9.73. The standard InChI is InChI=1S/C14H18N2O/c1-9-2-3-10-4-5-14(11(10)6-9)8-16-7-12(14)13(15)17/h2-3,6,12,16H,4-5,7-8H2,1H3,(H2,15,17). The van der Waals surface area contributed by atoms with E-state index in [1.165, 1.54) is 16.7 Å². The Morgan fingerprint density at radius 3 is 3.12 bits per heavy atom. The number of aryl methyl sites for hydroxylation is 2. The zero-order valence-corrected chi connectivity index (χ0v) is 10.1. The second-order valence-electron chi connectivity index (χ2n) is 5.40. The number of carbonyl (C=O) groups excluding carboxylic acids is 1. The summed E-state index contributed by atoms with van der Waals surface area (Å²) in [5, 5.41) is 3.35. The number of hydrogen-bond acceptors (Lipinski definition) is 2. The van der Waals surface area contributed by atoms with E-state index in [1.807, 2.05) is 0 Å². The smallest absolute Gasteiger partial charge is 0.222 e. The summed E-state index contributed by atoms with van der Waals surface area (Å²) in [6.45, 7) is 3.72. The average Bonchev–Trinajstić information content (AvgIpc) is 2.86. The van der Waals surface area contributed by atoms with Gasteiger partial charge in [-0.05, 0) is 30.9 Å². The summed E-state index contributed by atoms with van der Waals surface area (Å²) in [4.78, 5) is 11.6. The van der Waals surface area contributed by atoms with E-state index in [9.17, 15) is 4.79 Å². The Balaban J connectivity index is 2.12. The van der Waals surface area contributed by atoms with Gasteiger partial charge in [0.15, 0.2) is 0 Å². The molecule has 3 heteroatoms. The van der Waals surface area contributed by atoms with Gasteiger partial charge in [-0.25, -0.2) is 0 Å². The Hall–Kier alpha value is -1.35. The quantitative estimate of drug-likeness (QED) is 0.752. The van der Waals surface area contributed by atoms with Crippen LogP contribution in [0, 0.1) is 12.8 Å². The molecule has 0 bridgehead atoms. The SMILES string of the molecule is Cc1ccc2c(c1)C1(CC2)CNCC1C(N)=O. The number of benzene rings is 1. The monoisotopic (exact) mass is 230 g/mol. The van der Waals surface area contributed by atoms with Crippen LogP contribution in [0.5, 0.6) is 0 Å². The molecule has 3 nitrogen and oxygen atoms in total. The van der Waals surface area contributed by atoms with Crippen LogP contribution in [0.25, 0.3) is 0 Å². The molecular formula is C14H18N2O. The van der Waals surface area contributed by atoms with Gasteiger partial charge >= 0.3 is 0 Å². The summed E-state index contributed by atoms with van der Waals surface area (Å²) in [7, 11) is 0. The van der Waals surface area contributed by atoms with E-state index in [2.05, 4.69) is 30.4 Å². The van der Waals surface area contributed by atoms with Gasteiger partial charge in [0, 0.05) is 18.5 Å². The minimum absolute atomic E-state index is 0.0345. The van der Waals surface area contributed by atoms with Crippen molar-refractivity contribution in [3.05, 3.63) is 34.9 Å². The first-order valence-corrected chi connectivity index (χ1v) is 6.23. The number of fused-ring (bicyclic) bond motifs is 2. The predicted molar refractivity (Wildman–Crippen MR) is 66.7 cm³/mol. The molecule has 1 fully saturated rings. The van der Waals surface area contributed by atoms with Gasteiger partial charge < -0.3 is 11.1 Å². The number of carbonyl (C=O) groups is 1. The zero-order chi connectivity index (χ0) is 12.0. The highest BCUT2D eigenvalue weighted by Crippen LogP contribution is 2.46. The van der Waals surface area contributed by atoms with Crippen molar-refractivity contribution < 1.29 is 4.79 Å². The summed E-state index contributed by atoms with van der Waals surface area (Å²) < 4.78 is 0. The first kappa shape index (κ1) is 10.8. The van der Waals surface area contributed by atoms with Crippen molar-refractivity contribution in [1.29, 1.82) is 0 Å². The molecule has 2 unspecified atom stereocenters. The lowest BCUT2D eigenvalue weighted by Crippen LogP contribution is -2.40. The van der Waals surface area contributed by atoms with Crippen LogP contribution in [0.4, 0.5) is 0 Å². The molecule has 3 rings (SSSR count). The topological polar surface area (TPSA) is 55.1 Å². The molecular weight excluding hydrogens is 212 g/mol. The van der Waals surface area contributed by atoms with Crippen LogP contribution < -0.4 is 11.1 Å². The van der Waals surface area contributed by atoms with E-state index in [4.69, 9.17) is 5.73 Å². The van der Waals surface area contributed by atoms with Crippen molar-refractivity contribution >= 4 is 5.91 Å². The van der Waals surface area contributed by atoms with Gasteiger partial charge in [0.25, 0.3) is 0 Å².